The van der Waals surface area contributed by atoms with Gasteiger partial charge >= 0.3 is 0 Å². The lowest BCUT2D eigenvalue weighted by atomic mass is 10.0. The van der Waals surface area contributed by atoms with E-state index in [1.165, 1.54) is 6.07 Å². The maximum atomic E-state index is 13.2. The zero-order valence-corrected chi connectivity index (χ0v) is 17.6. The molecule has 0 atom stereocenters. The molecule has 1 N–H and O–H groups in total. The van der Waals surface area contributed by atoms with Crippen LogP contribution >= 0.6 is 23.2 Å². The molecule has 3 aromatic carbocycles. The zero-order chi connectivity index (χ0) is 20.8. The number of rotatable bonds is 3. The summed E-state index contributed by atoms with van der Waals surface area (Å²) in [5.74, 6) is -0.488. The van der Waals surface area contributed by atoms with E-state index < -0.39 is 15.9 Å². The van der Waals surface area contributed by atoms with E-state index in [9.17, 15) is 13.2 Å². The lowest BCUT2D eigenvalue weighted by Crippen LogP contribution is -2.40. The van der Waals surface area contributed by atoms with Gasteiger partial charge in [-0.2, -0.15) is 0 Å². The number of sulfonamides is 1. The summed E-state index contributed by atoms with van der Waals surface area (Å²) in [5.41, 5.74) is 3.31. The van der Waals surface area contributed by atoms with Gasteiger partial charge in [0.1, 0.15) is 6.54 Å². The Balaban J connectivity index is 1.72. The molecule has 0 bridgehead atoms. The van der Waals surface area contributed by atoms with E-state index >= 15 is 0 Å². The van der Waals surface area contributed by atoms with Gasteiger partial charge in [0.15, 0.2) is 0 Å². The summed E-state index contributed by atoms with van der Waals surface area (Å²) >= 11 is 11.9. The largest absolute Gasteiger partial charge is 0.324 e. The molecular formula is C21H16Cl2N2O3S. The third kappa shape index (κ3) is 3.59. The number of amides is 1. The molecule has 0 saturated carbocycles. The van der Waals surface area contributed by atoms with Crippen LogP contribution in [0.25, 0.3) is 11.1 Å². The fraction of sp³-hybridized carbons (Fsp3) is 0.0952. The number of carbonyl (C=O) groups is 1. The number of benzene rings is 3. The molecule has 5 nitrogen and oxygen atoms in total. The van der Waals surface area contributed by atoms with Gasteiger partial charge in [-0.05, 0) is 43.3 Å². The Morgan fingerprint density at radius 2 is 1.72 bits per heavy atom. The highest BCUT2D eigenvalue weighted by atomic mass is 35.5. The first-order chi connectivity index (χ1) is 13.8. The third-order valence-electron chi connectivity index (χ3n) is 4.66. The molecule has 1 aliphatic heterocycles. The highest BCUT2D eigenvalue weighted by molar-refractivity contribution is 7.93. The second kappa shape index (κ2) is 7.37. The number of nitrogens with one attached hydrogen (secondary N) is 1. The van der Waals surface area contributed by atoms with Crippen molar-refractivity contribution in [3.05, 3.63) is 76.3 Å². The van der Waals surface area contributed by atoms with Crippen molar-refractivity contribution < 1.29 is 13.2 Å². The monoisotopic (exact) mass is 446 g/mol. The van der Waals surface area contributed by atoms with Crippen molar-refractivity contribution in [2.45, 2.75) is 11.8 Å². The summed E-state index contributed by atoms with van der Waals surface area (Å²) in [6.45, 7) is 1.57. The molecule has 0 radical (unpaired) electrons. The fourth-order valence-corrected chi connectivity index (χ4v) is 5.27. The van der Waals surface area contributed by atoms with E-state index in [0.29, 0.717) is 27.0 Å². The number of aryl methyl sites for hydroxylation is 1. The molecule has 1 amide bonds. The van der Waals surface area contributed by atoms with Crippen molar-refractivity contribution in [3.8, 4) is 11.1 Å². The Bertz CT molecular complexity index is 1240. The van der Waals surface area contributed by atoms with Crippen LogP contribution in [0.3, 0.4) is 0 Å². The van der Waals surface area contributed by atoms with Crippen LogP contribution in [0.5, 0.6) is 0 Å². The minimum atomic E-state index is -3.89. The van der Waals surface area contributed by atoms with Crippen molar-refractivity contribution >= 4 is 50.5 Å². The molecular weight excluding hydrogens is 431 g/mol. The molecule has 148 valence electrons. The minimum absolute atomic E-state index is 0.181. The average Bonchev–Trinajstić information content (AvgIpc) is 2.68. The quantitative estimate of drug-likeness (QED) is 0.607. The number of fused-ring (bicyclic) bond motifs is 3. The van der Waals surface area contributed by atoms with Crippen LogP contribution < -0.4 is 9.62 Å². The van der Waals surface area contributed by atoms with Gasteiger partial charge in [-0.15, -0.1) is 0 Å². The van der Waals surface area contributed by atoms with Crippen LogP contribution in [0.2, 0.25) is 10.0 Å². The average molecular weight is 447 g/mol. The molecule has 0 unspecified atom stereocenters. The SMILES string of the molecule is Cc1ccc2c(c1)-c1ccccc1S(=O)(=O)N2CC(=O)Nc1ccc(Cl)c(Cl)c1. The summed E-state index contributed by atoms with van der Waals surface area (Å²) in [6.07, 6.45) is 0. The summed E-state index contributed by atoms with van der Waals surface area (Å²) in [4.78, 5) is 12.8. The Morgan fingerprint density at radius 1 is 0.966 bits per heavy atom. The molecule has 0 aliphatic carbocycles. The van der Waals surface area contributed by atoms with Gasteiger partial charge in [0.05, 0.1) is 20.6 Å². The lowest BCUT2D eigenvalue weighted by molar-refractivity contribution is -0.114. The molecule has 1 heterocycles. The predicted octanol–water partition coefficient (Wildman–Crippen LogP) is 5.12. The van der Waals surface area contributed by atoms with E-state index in [0.717, 1.165) is 15.4 Å². The molecule has 0 fully saturated rings. The first-order valence-electron chi connectivity index (χ1n) is 8.75. The number of hydrogen-bond acceptors (Lipinski definition) is 3. The van der Waals surface area contributed by atoms with E-state index in [2.05, 4.69) is 5.32 Å². The standard InChI is InChI=1S/C21H16Cl2N2O3S/c1-13-6-9-19-16(10-13)15-4-2-3-5-20(15)29(27,28)25(19)12-21(26)24-14-7-8-17(22)18(23)11-14/h2-11H,12H2,1H3,(H,24,26). The summed E-state index contributed by atoms with van der Waals surface area (Å²) < 4.78 is 27.6. The molecule has 0 aromatic heterocycles. The van der Waals surface area contributed by atoms with Crippen LogP contribution in [0.1, 0.15) is 5.56 Å². The van der Waals surface area contributed by atoms with Gasteiger partial charge in [0, 0.05) is 16.8 Å². The van der Waals surface area contributed by atoms with Crippen LogP contribution in [0.15, 0.2) is 65.6 Å². The Kier molecular flexibility index (Phi) is 5.02. The molecule has 8 heteroatoms. The lowest BCUT2D eigenvalue weighted by Gasteiger charge is -2.31. The number of hydrogen-bond donors (Lipinski definition) is 1. The highest BCUT2D eigenvalue weighted by Crippen LogP contribution is 2.43. The number of carbonyl (C=O) groups excluding carboxylic acids is 1. The molecule has 1 aliphatic rings. The van der Waals surface area contributed by atoms with Gasteiger partial charge < -0.3 is 5.32 Å². The van der Waals surface area contributed by atoms with Crippen molar-refractivity contribution in [1.29, 1.82) is 0 Å². The number of nitrogens with zero attached hydrogens (tertiary/aromatic N) is 1. The predicted molar refractivity (Wildman–Crippen MR) is 116 cm³/mol. The molecule has 0 spiro atoms. The fourth-order valence-electron chi connectivity index (χ4n) is 3.32. The number of halogens is 2. The van der Waals surface area contributed by atoms with Crippen LogP contribution in [-0.2, 0) is 14.8 Å². The maximum Gasteiger partial charge on any atom is 0.265 e. The first kappa shape index (κ1) is 19.8. The molecule has 29 heavy (non-hydrogen) atoms. The minimum Gasteiger partial charge on any atom is -0.324 e. The zero-order valence-electron chi connectivity index (χ0n) is 15.3. The topological polar surface area (TPSA) is 66.5 Å². The van der Waals surface area contributed by atoms with Crippen molar-refractivity contribution in [2.24, 2.45) is 0 Å². The summed E-state index contributed by atoms with van der Waals surface area (Å²) in [5, 5.41) is 3.33. The van der Waals surface area contributed by atoms with Crippen LogP contribution in [0, 0.1) is 6.92 Å². The maximum absolute atomic E-state index is 13.2. The molecule has 0 saturated heterocycles. The normalized spacial score (nSPS) is 14.1. The van der Waals surface area contributed by atoms with Crippen LogP contribution in [0.4, 0.5) is 11.4 Å². The van der Waals surface area contributed by atoms with Gasteiger partial charge in [0.2, 0.25) is 5.91 Å². The third-order valence-corrected chi connectivity index (χ3v) is 7.21. The second-order valence-electron chi connectivity index (χ2n) is 6.71. The first-order valence-corrected chi connectivity index (χ1v) is 10.9. The Labute approximate surface area is 178 Å². The molecule has 4 rings (SSSR count). The molecule has 3 aromatic rings. The van der Waals surface area contributed by atoms with Crippen molar-refractivity contribution in [1.82, 2.24) is 0 Å². The van der Waals surface area contributed by atoms with Crippen molar-refractivity contribution in [2.75, 3.05) is 16.2 Å². The van der Waals surface area contributed by atoms with Gasteiger partial charge in [0.25, 0.3) is 10.0 Å². The van der Waals surface area contributed by atoms with E-state index in [-0.39, 0.29) is 11.4 Å². The van der Waals surface area contributed by atoms with E-state index in [1.807, 2.05) is 19.1 Å². The number of anilines is 2. The van der Waals surface area contributed by atoms with E-state index in [4.69, 9.17) is 23.2 Å². The Hall–Kier alpha value is -2.54. The van der Waals surface area contributed by atoms with Gasteiger partial charge in [-0.3, -0.25) is 9.10 Å². The van der Waals surface area contributed by atoms with Crippen LogP contribution in [-0.4, -0.2) is 20.9 Å². The van der Waals surface area contributed by atoms with Gasteiger partial charge in [-0.1, -0.05) is 53.0 Å². The smallest absolute Gasteiger partial charge is 0.265 e. The Morgan fingerprint density at radius 3 is 2.48 bits per heavy atom. The summed E-state index contributed by atoms with van der Waals surface area (Å²) in [7, 11) is -3.89. The highest BCUT2D eigenvalue weighted by Gasteiger charge is 2.35. The van der Waals surface area contributed by atoms with Crippen molar-refractivity contribution in [3.63, 3.8) is 0 Å². The summed E-state index contributed by atoms with van der Waals surface area (Å²) in [6, 6.07) is 17.0. The van der Waals surface area contributed by atoms with E-state index in [1.54, 1.807) is 42.5 Å². The second-order valence-corrected chi connectivity index (χ2v) is 9.35. The van der Waals surface area contributed by atoms with Gasteiger partial charge in [-0.25, -0.2) is 8.42 Å².